The quantitative estimate of drug-likeness (QED) is 0.807. The minimum absolute atomic E-state index is 0. The zero-order valence-electron chi connectivity index (χ0n) is 9.95. The molecule has 0 aromatic heterocycles. The van der Waals surface area contributed by atoms with Gasteiger partial charge in [-0.15, -0.1) is 12.4 Å². The van der Waals surface area contributed by atoms with Crippen molar-refractivity contribution in [3.05, 3.63) is 29.3 Å². The molecule has 0 amide bonds. The molecule has 1 unspecified atom stereocenters. The molecule has 1 aromatic rings. The molecule has 0 radical (unpaired) electrons. The second kappa shape index (κ2) is 5.99. The molecule has 0 aliphatic rings. The normalized spacial score (nSPS) is 12.3. The Morgan fingerprint density at radius 3 is 2.40 bits per heavy atom. The summed E-state index contributed by atoms with van der Waals surface area (Å²) in [5, 5.41) is 0. The molecular weight excluding hydrogens is 208 g/mol. The number of halogens is 1. The van der Waals surface area contributed by atoms with Gasteiger partial charge >= 0.3 is 0 Å². The summed E-state index contributed by atoms with van der Waals surface area (Å²) in [7, 11) is 4.18. The Morgan fingerprint density at radius 2 is 1.93 bits per heavy atom. The summed E-state index contributed by atoms with van der Waals surface area (Å²) >= 11 is 0. The summed E-state index contributed by atoms with van der Waals surface area (Å²) in [5.41, 5.74) is 9.50. The predicted octanol–water partition coefficient (Wildman–Crippen LogP) is 2.88. The highest BCUT2D eigenvalue weighted by atomic mass is 35.5. The molecule has 0 aliphatic carbocycles. The van der Waals surface area contributed by atoms with Gasteiger partial charge in [0.1, 0.15) is 0 Å². The van der Waals surface area contributed by atoms with Crippen LogP contribution in [0.2, 0.25) is 0 Å². The van der Waals surface area contributed by atoms with Crippen LogP contribution in [0.3, 0.4) is 0 Å². The van der Waals surface area contributed by atoms with Crippen molar-refractivity contribution in [2.24, 2.45) is 0 Å². The van der Waals surface area contributed by atoms with Crippen LogP contribution in [-0.4, -0.2) is 19.0 Å². The average Bonchev–Trinajstić information content (AvgIpc) is 2.16. The van der Waals surface area contributed by atoms with E-state index in [4.69, 9.17) is 5.73 Å². The third kappa shape index (κ3) is 3.11. The molecule has 0 aliphatic heterocycles. The van der Waals surface area contributed by atoms with Crippen LogP contribution in [0.5, 0.6) is 0 Å². The van der Waals surface area contributed by atoms with Gasteiger partial charge in [0.2, 0.25) is 0 Å². The smallest absolute Gasteiger partial charge is 0.0349 e. The van der Waals surface area contributed by atoms with Crippen LogP contribution < -0.4 is 5.73 Å². The maximum atomic E-state index is 5.95. The molecule has 0 fully saturated rings. The van der Waals surface area contributed by atoms with Crippen LogP contribution in [0.1, 0.15) is 31.0 Å². The van der Waals surface area contributed by atoms with Crippen LogP contribution in [0.15, 0.2) is 18.2 Å². The van der Waals surface area contributed by atoms with Crippen molar-refractivity contribution >= 4 is 18.1 Å². The second-order valence-electron chi connectivity index (χ2n) is 3.91. The van der Waals surface area contributed by atoms with Crippen molar-refractivity contribution in [1.82, 2.24) is 4.90 Å². The van der Waals surface area contributed by atoms with E-state index in [1.165, 1.54) is 11.1 Å². The number of benzene rings is 1. The van der Waals surface area contributed by atoms with Gasteiger partial charge in [-0.3, -0.25) is 0 Å². The lowest BCUT2D eigenvalue weighted by Gasteiger charge is -2.23. The van der Waals surface area contributed by atoms with Gasteiger partial charge in [0.15, 0.2) is 0 Å². The van der Waals surface area contributed by atoms with Crippen molar-refractivity contribution < 1.29 is 0 Å². The highest BCUT2D eigenvalue weighted by molar-refractivity contribution is 5.85. The number of rotatable bonds is 3. The van der Waals surface area contributed by atoms with E-state index in [2.05, 4.69) is 38.9 Å². The van der Waals surface area contributed by atoms with E-state index in [9.17, 15) is 0 Å². The summed E-state index contributed by atoms with van der Waals surface area (Å²) in [4.78, 5) is 2.20. The molecule has 86 valence electrons. The molecular formula is C12H21ClN2. The molecule has 0 spiro atoms. The van der Waals surface area contributed by atoms with Crippen molar-refractivity contribution in [3.63, 3.8) is 0 Å². The number of hydrogen-bond acceptors (Lipinski definition) is 2. The van der Waals surface area contributed by atoms with E-state index in [0.717, 1.165) is 12.1 Å². The van der Waals surface area contributed by atoms with Gasteiger partial charge in [-0.05, 0) is 44.6 Å². The zero-order chi connectivity index (χ0) is 10.7. The third-order valence-corrected chi connectivity index (χ3v) is 2.83. The molecule has 15 heavy (non-hydrogen) atoms. The molecule has 0 saturated heterocycles. The largest absolute Gasteiger partial charge is 0.398 e. The van der Waals surface area contributed by atoms with Gasteiger partial charge in [0.25, 0.3) is 0 Å². The Labute approximate surface area is 98.9 Å². The van der Waals surface area contributed by atoms with Crippen LogP contribution in [0, 0.1) is 0 Å². The number of nitrogens with two attached hydrogens (primary N) is 1. The number of hydrogen-bond donors (Lipinski definition) is 1. The fourth-order valence-corrected chi connectivity index (χ4v) is 1.70. The first-order chi connectivity index (χ1) is 6.57. The molecule has 1 aromatic carbocycles. The molecule has 2 nitrogen and oxygen atoms in total. The monoisotopic (exact) mass is 228 g/mol. The Kier molecular flexibility index (Phi) is 5.69. The maximum absolute atomic E-state index is 5.95. The highest BCUT2D eigenvalue weighted by Gasteiger charge is 2.12. The topological polar surface area (TPSA) is 29.3 Å². The lowest BCUT2D eigenvalue weighted by Crippen LogP contribution is -2.18. The van der Waals surface area contributed by atoms with Crippen LogP contribution in [-0.2, 0) is 6.42 Å². The number of anilines is 1. The van der Waals surface area contributed by atoms with E-state index in [1.807, 2.05) is 12.1 Å². The van der Waals surface area contributed by atoms with E-state index in [-0.39, 0.29) is 12.4 Å². The Hall–Kier alpha value is -0.730. The third-order valence-electron chi connectivity index (χ3n) is 2.83. The van der Waals surface area contributed by atoms with E-state index in [0.29, 0.717) is 6.04 Å². The first kappa shape index (κ1) is 14.3. The van der Waals surface area contributed by atoms with Gasteiger partial charge in [-0.2, -0.15) is 0 Å². The second-order valence-corrected chi connectivity index (χ2v) is 3.91. The van der Waals surface area contributed by atoms with Gasteiger partial charge in [0.05, 0.1) is 0 Å². The average molecular weight is 229 g/mol. The summed E-state index contributed by atoms with van der Waals surface area (Å²) in [6.07, 6.45) is 1.00. The molecule has 1 atom stereocenters. The first-order valence-electron chi connectivity index (χ1n) is 5.11. The summed E-state index contributed by atoms with van der Waals surface area (Å²) in [6.45, 7) is 4.35. The van der Waals surface area contributed by atoms with Crippen molar-refractivity contribution in [2.75, 3.05) is 19.8 Å². The first-order valence-corrected chi connectivity index (χ1v) is 5.11. The van der Waals surface area contributed by atoms with Gasteiger partial charge in [-0.25, -0.2) is 0 Å². The van der Waals surface area contributed by atoms with Gasteiger partial charge in [-0.1, -0.05) is 19.1 Å². The van der Waals surface area contributed by atoms with E-state index < -0.39 is 0 Å². The highest BCUT2D eigenvalue weighted by Crippen LogP contribution is 2.26. The summed E-state index contributed by atoms with van der Waals surface area (Å²) in [5.74, 6) is 0. The predicted molar refractivity (Wildman–Crippen MR) is 69.6 cm³/mol. The lowest BCUT2D eigenvalue weighted by molar-refractivity contribution is 0.320. The molecule has 0 bridgehead atoms. The standard InChI is InChI=1S/C12H20N2.ClH/c1-5-10-11(9(2)14(3)4)7-6-8-12(10)13;/h6-9H,5,13H2,1-4H3;1H. The van der Waals surface area contributed by atoms with Crippen molar-refractivity contribution in [1.29, 1.82) is 0 Å². The minimum atomic E-state index is 0. The van der Waals surface area contributed by atoms with Gasteiger partial charge < -0.3 is 10.6 Å². The lowest BCUT2D eigenvalue weighted by atomic mass is 9.97. The number of nitrogen functional groups attached to an aromatic ring is 1. The van der Waals surface area contributed by atoms with E-state index in [1.54, 1.807) is 0 Å². The minimum Gasteiger partial charge on any atom is -0.398 e. The SMILES string of the molecule is CCc1c(N)cccc1C(C)N(C)C.Cl. The van der Waals surface area contributed by atoms with Crippen LogP contribution in [0.4, 0.5) is 5.69 Å². The molecule has 0 heterocycles. The number of nitrogens with zero attached hydrogens (tertiary/aromatic N) is 1. The Balaban J connectivity index is 0.00000196. The van der Waals surface area contributed by atoms with E-state index >= 15 is 0 Å². The fraction of sp³-hybridized carbons (Fsp3) is 0.500. The zero-order valence-corrected chi connectivity index (χ0v) is 10.8. The summed E-state index contributed by atoms with van der Waals surface area (Å²) < 4.78 is 0. The van der Waals surface area contributed by atoms with Crippen LogP contribution in [0.25, 0.3) is 0 Å². The molecule has 0 saturated carbocycles. The van der Waals surface area contributed by atoms with Gasteiger partial charge in [0, 0.05) is 11.7 Å². The fourth-order valence-electron chi connectivity index (χ4n) is 1.70. The molecule has 2 N–H and O–H groups in total. The Bertz CT molecular complexity index is 310. The summed E-state index contributed by atoms with van der Waals surface area (Å²) in [6, 6.07) is 6.60. The van der Waals surface area contributed by atoms with Crippen molar-refractivity contribution in [2.45, 2.75) is 26.3 Å². The van der Waals surface area contributed by atoms with Crippen LogP contribution >= 0.6 is 12.4 Å². The molecule has 3 heteroatoms. The Morgan fingerprint density at radius 1 is 1.33 bits per heavy atom. The van der Waals surface area contributed by atoms with Crippen molar-refractivity contribution in [3.8, 4) is 0 Å². The molecule has 1 rings (SSSR count). The maximum Gasteiger partial charge on any atom is 0.0349 e.